The molecule has 0 radical (unpaired) electrons. The third-order valence-electron chi connectivity index (χ3n) is 6.65. The van der Waals surface area contributed by atoms with Crippen LogP contribution in [0.25, 0.3) is 4.96 Å². The van der Waals surface area contributed by atoms with E-state index in [0.29, 0.717) is 6.04 Å². The summed E-state index contributed by atoms with van der Waals surface area (Å²) in [5, 5.41) is 5.33. The van der Waals surface area contributed by atoms with Crippen LogP contribution in [0.3, 0.4) is 0 Å². The summed E-state index contributed by atoms with van der Waals surface area (Å²) in [6, 6.07) is 2.37. The Morgan fingerprint density at radius 1 is 1.19 bits per heavy atom. The van der Waals surface area contributed by atoms with Crippen molar-refractivity contribution in [2.45, 2.75) is 58.0 Å². The van der Waals surface area contributed by atoms with Crippen LogP contribution in [0.4, 0.5) is 0 Å². The number of hydrogen-bond acceptors (Lipinski definition) is 6. The molecule has 146 valence electrons. The van der Waals surface area contributed by atoms with E-state index in [2.05, 4.69) is 21.8 Å². The van der Waals surface area contributed by atoms with E-state index in [4.69, 9.17) is 4.98 Å². The van der Waals surface area contributed by atoms with Gasteiger partial charge in [-0.25, -0.2) is 4.98 Å². The molecule has 5 heterocycles. The first-order chi connectivity index (χ1) is 13.2. The summed E-state index contributed by atoms with van der Waals surface area (Å²) in [6.07, 6.45) is 7.82. The van der Waals surface area contributed by atoms with E-state index < -0.39 is 0 Å². The Labute approximate surface area is 164 Å². The van der Waals surface area contributed by atoms with Crippen LogP contribution in [0.2, 0.25) is 0 Å². The highest BCUT2D eigenvalue weighted by atomic mass is 32.1. The molecule has 6 rings (SSSR count). The molecule has 4 aliphatic rings. The van der Waals surface area contributed by atoms with E-state index in [1.807, 2.05) is 0 Å². The summed E-state index contributed by atoms with van der Waals surface area (Å²) < 4.78 is 1.46. The van der Waals surface area contributed by atoms with E-state index in [1.54, 1.807) is 6.07 Å². The molecular formula is C20H29N5OS. The molecule has 2 aromatic rings. The largest absolute Gasteiger partial charge is 0.299 e. The van der Waals surface area contributed by atoms with E-state index >= 15 is 0 Å². The van der Waals surface area contributed by atoms with Gasteiger partial charge in [0.2, 0.25) is 4.96 Å². The maximum absolute atomic E-state index is 12.4. The Morgan fingerprint density at radius 3 is 2.85 bits per heavy atom. The van der Waals surface area contributed by atoms with E-state index in [0.717, 1.165) is 53.6 Å². The molecule has 0 unspecified atom stereocenters. The molecule has 0 N–H and O–H groups in total. The minimum atomic E-state index is -0.0460. The zero-order valence-electron chi connectivity index (χ0n) is 16.1. The fourth-order valence-corrected chi connectivity index (χ4v) is 5.84. The first-order valence-electron chi connectivity index (χ1n) is 10.5. The second-order valence-electron chi connectivity index (χ2n) is 8.67. The highest BCUT2D eigenvalue weighted by molar-refractivity contribution is 7.16. The molecular weight excluding hydrogens is 358 g/mol. The van der Waals surface area contributed by atoms with Gasteiger partial charge in [0, 0.05) is 44.8 Å². The quantitative estimate of drug-likeness (QED) is 0.789. The van der Waals surface area contributed by atoms with Gasteiger partial charge >= 0.3 is 0 Å². The van der Waals surface area contributed by atoms with Crippen molar-refractivity contribution in [2.75, 3.05) is 26.2 Å². The molecule has 0 aromatic carbocycles. The molecule has 3 aliphatic heterocycles. The van der Waals surface area contributed by atoms with Gasteiger partial charge in [0.25, 0.3) is 5.56 Å². The molecule has 2 aromatic heterocycles. The number of aryl methyl sites for hydroxylation is 1. The minimum absolute atomic E-state index is 0.0460. The fourth-order valence-electron chi connectivity index (χ4n) is 4.98. The molecule has 2 atom stereocenters. The van der Waals surface area contributed by atoms with Gasteiger partial charge in [-0.1, -0.05) is 24.7 Å². The molecule has 2 bridgehead atoms. The summed E-state index contributed by atoms with van der Waals surface area (Å²) in [4.78, 5) is 23.2. The Morgan fingerprint density at radius 2 is 2.07 bits per heavy atom. The lowest BCUT2D eigenvalue weighted by Crippen LogP contribution is -2.46. The molecule has 4 fully saturated rings. The van der Waals surface area contributed by atoms with Crippen molar-refractivity contribution in [2.24, 2.45) is 11.8 Å². The van der Waals surface area contributed by atoms with Crippen LogP contribution < -0.4 is 5.56 Å². The number of fused-ring (bicyclic) bond motifs is 5. The van der Waals surface area contributed by atoms with E-state index in [-0.39, 0.29) is 5.56 Å². The normalized spacial score (nSPS) is 27.1. The topological polar surface area (TPSA) is 53.7 Å². The average Bonchev–Trinajstić information content (AvgIpc) is 2.85. The molecule has 0 amide bonds. The Hall–Kier alpha value is -1.31. The first kappa shape index (κ1) is 17.8. The van der Waals surface area contributed by atoms with E-state index in [9.17, 15) is 4.79 Å². The SMILES string of the molecule is CCc1nn2c(=O)cc(CN3C[C@@H]4CC[C@H](C3)N(CC3CCC3)C4)nc2s1. The molecule has 3 saturated heterocycles. The van der Waals surface area contributed by atoms with Gasteiger partial charge in [0.05, 0.1) is 5.69 Å². The lowest BCUT2D eigenvalue weighted by atomic mass is 9.83. The van der Waals surface area contributed by atoms with Crippen LogP contribution in [0.5, 0.6) is 0 Å². The Bertz CT molecular complexity index is 873. The molecule has 0 spiro atoms. The number of piperidine rings is 1. The van der Waals surface area contributed by atoms with Crippen molar-refractivity contribution in [3.05, 3.63) is 27.1 Å². The maximum Gasteiger partial charge on any atom is 0.275 e. The zero-order chi connectivity index (χ0) is 18.4. The van der Waals surface area contributed by atoms with Gasteiger partial charge in [-0.15, -0.1) is 0 Å². The number of nitrogens with zero attached hydrogens (tertiary/aromatic N) is 5. The van der Waals surface area contributed by atoms with Gasteiger partial charge in [-0.05, 0) is 43.9 Å². The zero-order valence-corrected chi connectivity index (χ0v) is 17.0. The van der Waals surface area contributed by atoms with Crippen LogP contribution >= 0.6 is 11.3 Å². The van der Waals surface area contributed by atoms with Crippen molar-refractivity contribution in [1.29, 1.82) is 0 Å². The van der Waals surface area contributed by atoms with Gasteiger partial charge in [-0.3, -0.25) is 14.6 Å². The van der Waals surface area contributed by atoms with Crippen LogP contribution in [-0.2, 0) is 13.0 Å². The molecule has 27 heavy (non-hydrogen) atoms. The number of hydrogen-bond donors (Lipinski definition) is 0. The van der Waals surface area contributed by atoms with Crippen LogP contribution in [0, 0.1) is 11.8 Å². The fraction of sp³-hybridized carbons (Fsp3) is 0.750. The van der Waals surface area contributed by atoms with Gasteiger partial charge in [-0.2, -0.15) is 9.61 Å². The van der Waals surface area contributed by atoms with Crippen molar-refractivity contribution in [1.82, 2.24) is 24.4 Å². The second kappa shape index (κ2) is 7.26. The summed E-state index contributed by atoms with van der Waals surface area (Å²) in [6.45, 7) is 7.68. The Kier molecular flexibility index (Phi) is 4.78. The predicted molar refractivity (Wildman–Crippen MR) is 107 cm³/mol. The minimum Gasteiger partial charge on any atom is -0.299 e. The van der Waals surface area contributed by atoms with Crippen LogP contribution in [0.15, 0.2) is 10.9 Å². The molecule has 1 aliphatic carbocycles. The molecule has 7 heteroatoms. The molecule has 1 saturated carbocycles. The van der Waals surface area contributed by atoms with E-state index in [1.165, 1.54) is 61.0 Å². The first-order valence-corrected chi connectivity index (χ1v) is 11.3. The lowest BCUT2D eigenvalue weighted by Gasteiger charge is -2.40. The second-order valence-corrected chi connectivity index (χ2v) is 9.71. The van der Waals surface area contributed by atoms with Crippen molar-refractivity contribution in [3.8, 4) is 0 Å². The Balaban J connectivity index is 1.32. The summed E-state index contributed by atoms with van der Waals surface area (Å²) in [7, 11) is 0. The highest BCUT2D eigenvalue weighted by Crippen LogP contribution is 2.33. The van der Waals surface area contributed by atoms with Gasteiger partial charge < -0.3 is 0 Å². The van der Waals surface area contributed by atoms with Crippen LogP contribution in [-0.4, -0.2) is 56.6 Å². The van der Waals surface area contributed by atoms with Crippen molar-refractivity contribution >= 4 is 16.3 Å². The predicted octanol–water partition coefficient (Wildman–Crippen LogP) is 2.41. The summed E-state index contributed by atoms with van der Waals surface area (Å²) in [5.74, 6) is 1.71. The highest BCUT2D eigenvalue weighted by Gasteiger charge is 2.36. The summed E-state index contributed by atoms with van der Waals surface area (Å²) >= 11 is 1.54. The monoisotopic (exact) mass is 387 g/mol. The average molecular weight is 388 g/mol. The lowest BCUT2D eigenvalue weighted by molar-refractivity contribution is 0.0890. The smallest absolute Gasteiger partial charge is 0.275 e. The van der Waals surface area contributed by atoms with Crippen molar-refractivity contribution < 1.29 is 0 Å². The summed E-state index contributed by atoms with van der Waals surface area (Å²) in [5.41, 5.74) is 0.855. The number of rotatable bonds is 5. The standard InChI is InChI=1S/C20H29N5OS/c1-2-18-22-25-19(26)8-16(21-20(25)27-18)12-23-9-15-6-7-17(13-23)24(11-15)10-14-4-3-5-14/h8,14-15,17H,2-7,9-13H2,1H3/t15-,17+/m0/s1. The maximum atomic E-state index is 12.4. The van der Waals surface area contributed by atoms with Gasteiger partial charge in [0.1, 0.15) is 5.01 Å². The molecule has 6 nitrogen and oxygen atoms in total. The van der Waals surface area contributed by atoms with Gasteiger partial charge in [0.15, 0.2) is 0 Å². The third kappa shape index (κ3) is 3.57. The van der Waals surface area contributed by atoms with Crippen molar-refractivity contribution in [3.63, 3.8) is 0 Å². The van der Waals surface area contributed by atoms with Crippen LogP contribution in [0.1, 0.15) is 49.7 Å². The number of aromatic nitrogens is 3. The third-order valence-corrected chi connectivity index (χ3v) is 7.70.